The average Bonchev–Trinajstić information content (AvgIpc) is 2.69. The molecule has 0 bridgehead atoms. The first kappa shape index (κ1) is 21.2. The molecule has 0 unspecified atom stereocenters. The van der Waals surface area contributed by atoms with Crippen molar-refractivity contribution in [3.8, 4) is 0 Å². The molecule has 0 aliphatic heterocycles. The summed E-state index contributed by atoms with van der Waals surface area (Å²) >= 11 is 0. The molecule has 0 spiro atoms. The smallest absolute Gasteiger partial charge is 0.261 e. The molecule has 2 N–H and O–H groups in total. The summed E-state index contributed by atoms with van der Waals surface area (Å²) in [7, 11) is 0. The lowest BCUT2D eigenvalue weighted by atomic mass is 10.1. The Balaban J connectivity index is 1.64. The molecule has 0 radical (unpaired) electrons. The van der Waals surface area contributed by atoms with Crippen LogP contribution >= 0.6 is 0 Å². The second-order valence-corrected chi connectivity index (χ2v) is 7.69. The number of hydrogen-bond donors (Lipinski definition) is 2. The van der Waals surface area contributed by atoms with Gasteiger partial charge in [-0.3, -0.25) is 19.0 Å². The van der Waals surface area contributed by atoms with Crippen molar-refractivity contribution in [1.82, 2.24) is 14.9 Å². The van der Waals surface area contributed by atoms with Gasteiger partial charge in [0, 0.05) is 18.7 Å². The van der Waals surface area contributed by atoms with Crippen molar-refractivity contribution in [1.29, 1.82) is 0 Å². The lowest BCUT2D eigenvalue weighted by Gasteiger charge is -2.12. The van der Waals surface area contributed by atoms with Gasteiger partial charge < -0.3 is 10.6 Å². The van der Waals surface area contributed by atoms with Crippen LogP contribution in [0, 0.1) is 12.8 Å². The topological polar surface area (TPSA) is 93.1 Å². The highest BCUT2D eigenvalue weighted by atomic mass is 16.2. The first-order valence-corrected chi connectivity index (χ1v) is 9.95. The van der Waals surface area contributed by atoms with Crippen LogP contribution in [0.3, 0.4) is 0 Å². The number of nitrogens with one attached hydrogen (secondary N) is 2. The van der Waals surface area contributed by atoms with Crippen LogP contribution in [0.15, 0.2) is 53.3 Å². The van der Waals surface area contributed by atoms with Gasteiger partial charge in [0.15, 0.2) is 0 Å². The average molecular weight is 406 g/mol. The Morgan fingerprint density at radius 3 is 2.60 bits per heavy atom. The highest BCUT2D eigenvalue weighted by Gasteiger charge is 2.11. The number of aromatic nitrogens is 2. The van der Waals surface area contributed by atoms with Crippen LogP contribution in [0.1, 0.15) is 31.7 Å². The summed E-state index contributed by atoms with van der Waals surface area (Å²) in [4.78, 5) is 41.5. The number of nitrogens with zero attached hydrogens (tertiary/aromatic N) is 2. The molecule has 30 heavy (non-hydrogen) atoms. The number of hydrogen-bond acceptors (Lipinski definition) is 4. The molecule has 3 rings (SSSR count). The molecule has 7 heteroatoms. The Morgan fingerprint density at radius 1 is 1.07 bits per heavy atom. The summed E-state index contributed by atoms with van der Waals surface area (Å²) in [6.45, 7) is 5.88. The van der Waals surface area contributed by atoms with E-state index in [4.69, 9.17) is 0 Å². The first-order valence-electron chi connectivity index (χ1n) is 9.95. The predicted molar refractivity (Wildman–Crippen MR) is 117 cm³/mol. The van der Waals surface area contributed by atoms with Crippen LogP contribution in [0.4, 0.5) is 5.69 Å². The van der Waals surface area contributed by atoms with Gasteiger partial charge in [-0.15, -0.1) is 0 Å². The van der Waals surface area contributed by atoms with Crippen molar-refractivity contribution in [2.75, 3.05) is 5.32 Å². The number of benzene rings is 2. The summed E-state index contributed by atoms with van der Waals surface area (Å²) in [5.74, 6) is 0.448. The van der Waals surface area contributed by atoms with Gasteiger partial charge in [0.1, 0.15) is 12.4 Å². The van der Waals surface area contributed by atoms with E-state index in [0.29, 0.717) is 35.4 Å². The van der Waals surface area contributed by atoms with Gasteiger partial charge in [0.05, 0.1) is 10.9 Å². The number of carbonyl (C=O) groups is 2. The molecule has 3 aromatic rings. The van der Waals surface area contributed by atoms with Gasteiger partial charge in [-0.25, -0.2) is 4.98 Å². The second-order valence-electron chi connectivity index (χ2n) is 7.69. The van der Waals surface area contributed by atoms with Crippen LogP contribution in [0.25, 0.3) is 10.9 Å². The van der Waals surface area contributed by atoms with Crippen molar-refractivity contribution in [2.24, 2.45) is 5.92 Å². The Kier molecular flexibility index (Phi) is 6.61. The van der Waals surface area contributed by atoms with Gasteiger partial charge in [0.2, 0.25) is 11.8 Å². The van der Waals surface area contributed by atoms with E-state index >= 15 is 0 Å². The molecule has 0 saturated heterocycles. The molecule has 156 valence electrons. The Morgan fingerprint density at radius 2 is 1.83 bits per heavy atom. The molecule has 0 atom stereocenters. The van der Waals surface area contributed by atoms with E-state index in [1.165, 1.54) is 4.57 Å². The fourth-order valence-electron chi connectivity index (χ4n) is 3.21. The largest absolute Gasteiger partial charge is 0.350 e. The van der Waals surface area contributed by atoms with E-state index in [1.807, 2.05) is 44.2 Å². The molecule has 0 saturated carbocycles. The van der Waals surface area contributed by atoms with Crippen LogP contribution < -0.4 is 16.2 Å². The van der Waals surface area contributed by atoms with E-state index < -0.39 is 0 Å². The van der Waals surface area contributed by atoms with Gasteiger partial charge in [-0.1, -0.05) is 38.1 Å². The molecule has 0 aliphatic carbocycles. The van der Waals surface area contributed by atoms with Crippen molar-refractivity contribution in [3.63, 3.8) is 0 Å². The van der Waals surface area contributed by atoms with E-state index in [9.17, 15) is 14.4 Å². The number of para-hydroxylation sites is 1. The quantitative estimate of drug-likeness (QED) is 0.631. The van der Waals surface area contributed by atoms with Gasteiger partial charge in [-0.05, 0) is 42.7 Å². The minimum absolute atomic E-state index is 0.0372. The monoisotopic (exact) mass is 406 g/mol. The zero-order chi connectivity index (χ0) is 21.7. The molecular weight excluding hydrogens is 380 g/mol. The maximum absolute atomic E-state index is 12.7. The molecule has 1 heterocycles. The third kappa shape index (κ3) is 5.31. The lowest BCUT2D eigenvalue weighted by molar-refractivity contribution is -0.122. The number of anilines is 1. The van der Waals surface area contributed by atoms with Crippen LogP contribution in [0.5, 0.6) is 0 Å². The zero-order valence-corrected chi connectivity index (χ0v) is 17.4. The second kappa shape index (κ2) is 9.35. The van der Waals surface area contributed by atoms with E-state index in [2.05, 4.69) is 15.6 Å². The van der Waals surface area contributed by atoms with Gasteiger partial charge >= 0.3 is 0 Å². The van der Waals surface area contributed by atoms with Crippen LogP contribution in [-0.4, -0.2) is 21.4 Å². The van der Waals surface area contributed by atoms with Crippen LogP contribution in [-0.2, 0) is 22.7 Å². The summed E-state index contributed by atoms with van der Waals surface area (Å²) in [6.07, 6.45) is 0.453. The zero-order valence-electron chi connectivity index (χ0n) is 17.4. The predicted octanol–water partition coefficient (Wildman–Crippen LogP) is 3.01. The SMILES string of the molecule is Cc1nc2ccccc2c(=O)n1CC(=O)NCc1cccc(NC(=O)CC(C)C)c1. The molecular formula is C23H26N4O3. The molecule has 0 aliphatic rings. The van der Waals surface area contributed by atoms with Crippen molar-refractivity contribution in [3.05, 3.63) is 70.3 Å². The fourth-order valence-corrected chi connectivity index (χ4v) is 3.21. The number of rotatable bonds is 7. The van der Waals surface area contributed by atoms with E-state index in [1.54, 1.807) is 25.1 Å². The molecule has 2 amide bonds. The molecule has 1 aromatic heterocycles. The van der Waals surface area contributed by atoms with Crippen molar-refractivity contribution < 1.29 is 9.59 Å². The summed E-state index contributed by atoms with van der Waals surface area (Å²) in [6, 6.07) is 14.4. The minimum atomic E-state index is -0.286. The summed E-state index contributed by atoms with van der Waals surface area (Å²) < 4.78 is 1.38. The summed E-state index contributed by atoms with van der Waals surface area (Å²) in [5, 5.41) is 6.18. The van der Waals surface area contributed by atoms with Crippen molar-refractivity contribution in [2.45, 2.75) is 40.3 Å². The number of aryl methyl sites for hydroxylation is 1. The number of amides is 2. The molecule has 0 fully saturated rings. The lowest BCUT2D eigenvalue weighted by Crippen LogP contribution is -2.33. The number of carbonyl (C=O) groups excluding carboxylic acids is 2. The van der Waals surface area contributed by atoms with Gasteiger partial charge in [0.25, 0.3) is 5.56 Å². The maximum Gasteiger partial charge on any atom is 0.261 e. The molecule has 2 aromatic carbocycles. The Labute approximate surface area is 175 Å². The highest BCUT2D eigenvalue weighted by molar-refractivity contribution is 5.90. The minimum Gasteiger partial charge on any atom is -0.350 e. The first-order chi connectivity index (χ1) is 14.3. The highest BCUT2D eigenvalue weighted by Crippen LogP contribution is 2.12. The van der Waals surface area contributed by atoms with E-state index in [-0.39, 0.29) is 29.8 Å². The van der Waals surface area contributed by atoms with Crippen LogP contribution in [0.2, 0.25) is 0 Å². The van der Waals surface area contributed by atoms with E-state index in [0.717, 1.165) is 5.56 Å². The Bertz CT molecular complexity index is 1130. The molecule has 7 nitrogen and oxygen atoms in total. The fraction of sp³-hybridized carbons (Fsp3) is 0.304. The number of fused-ring (bicyclic) bond motifs is 1. The Hall–Kier alpha value is -3.48. The third-order valence-corrected chi connectivity index (χ3v) is 4.65. The maximum atomic E-state index is 12.7. The normalized spacial score (nSPS) is 10.9. The summed E-state index contributed by atoms with van der Waals surface area (Å²) in [5.41, 5.74) is 1.93. The van der Waals surface area contributed by atoms with Gasteiger partial charge in [-0.2, -0.15) is 0 Å². The standard InChI is InChI=1S/C23H26N4O3/c1-15(2)11-21(28)26-18-8-6-7-17(12-18)13-24-22(29)14-27-16(3)25-20-10-5-4-9-19(20)23(27)30/h4-10,12,15H,11,13-14H2,1-3H3,(H,24,29)(H,26,28). The third-order valence-electron chi connectivity index (χ3n) is 4.65. The van der Waals surface area contributed by atoms with Crippen molar-refractivity contribution >= 4 is 28.4 Å².